The normalized spacial score (nSPS) is 17.9. The van der Waals surface area contributed by atoms with Crippen LogP contribution < -0.4 is 15.0 Å². The fourth-order valence-corrected chi connectivity index (χ4v) is 10.9. The Morgan fingerprint density at radius 2 is 1.58 bits per heavy atom. The van der Waals surface area contributed by atoms with Crippen LogP contribution in [0.15, 0.2) is 155 Å². The smallest absolute Gasteiger partial charge is 0.294 e. The third-order valence-electron chi connectivity index (χ3n) is 13.9. The number of hydrogen-bond acceptors (Lipinski definition) is 5. The minimum absolute atomic E-state index is 0.108. The second kappa shape index (κ2) is 19.3. The third kappa shape index (κ3) is 9.46. The van der Waals surface area contributed by atoms with Gasteiger partial charge in [0.05, 0.1) is 10.3 Å². The number of allylic oxidation sites excluding steroid dienone is 7. The van der Waals surface area contributed by atoms with Crippen LogP contribution in [0.4, 0.5) is 11.4 Å². The molecule has 0 unspecified atom stereocenters. The molecule has 5 aromatic carbocycles. The summed E-state index contributed by atoms with van der Waals surface area (Å²) >= 11 is 0. The number of nitrogens with one attached hydrogen (secondary N) is 1. The fourth-order valence-electron chi connectivity index (χ4n) is 10.4. The highest BCUT2D eigenvalue weighted by Gasteiger charge is 2.45. The van der Waals surface area contributed by atoms with Crippen molar-refractivity contribution in [1.29, 1.82) is 0 Å². The summed E-state index contributed by atoms with van der Waals surface area (Å²) in [5.74, 6) is 1.49. The zero-order chi connectivity index (χ0) is 47.7. The Hall–Kier alpha value is -6.03. The third-order valence-corrected chi connectivity index (χ3v) is 14.8. The molecule has 8 rings (SSSR count). The van der Waals surface area contributed by atoms with Crippen molar-refractivity contribution in [2.45, 2.75) is 116 Å². The first-order valence-electron chi connectivity index (χ1n) is 24.1. The van der Waals surface area contributed by atoms with Gasteiger partial charge < -0.3 is 15.0 Å². The second-order valence-electron chi connectivity index (χ2n) is 19.5. The number of carbonyl (C=O) groups is 1. The van der Waals surface area contributed by atoms with Gasteiger partial charge >= 0.3 is 0 Å². The number of hydrogen-bond donors (Lipinski definition) is 2. The molecule has 0 spiro atoms. The van der Waals surface area contributed by atoms with Crippen LogP contribution in [-0.2, 0) is 32.2 Å². The first kappa shape index (κ1) is 47.5. The van der Waals surface area contributed by atoms with Gasteiger partial charge in [-0.15, -0.1) is 0 Å². The average molecular weight is 917 g/mol. The van der Waals surface area contributed by atoms with E-state index in [-0.39, 0.29) is 16.2 Å². The predicted molar refractivity (Wildman–Crippen MR) is 275 cm³/mol. The predicted octanol–water partition coefficient (Wildman–Crippen LogP) is 13.1. The van der Waals surface area contributed by atoms with Gasteiger partial charge in [0.25, 0.3) is 10.1 Å². The van der Waals surface area contributed by atoms with Gasteiger partial charge in [-0.25, -0.2) is 0 Å². The molecule has 0 saturated carbocycles. The highest BCUT2D eigenvalue weighted by molar-refractivity contribution is 7.85. The molecule has 0 bridgehead atoms. The summed E-state index contributed by atoms with van der Waals surface area (Å²) in [6.07, 6.45) is 16.8. The van der Waals surface area contributed by atoms with Crippen molar-refractivity contribution in [3.05, 3.63) is 167 Å². The van der Waals surface area contributed by atoms with Crippen molar-refractivity contribution in [2.24, 2.45) is 0 Å². The van der Waals surface area contributed by atoms with Gasteiger partial charge in [0.1, 0.15) is 18.1 Å². The van der Waals surface area contributed by atoms with Crippen LogP contribution in [0.5, 0.6) is 5.75 Å². The zero-order valence-electron chi connectivity index (χ0n) is 40.3. The molecule has 2 N–H and O–H groups in total. The standard InChI is InChI=1S/C58H65N3O5S/c1-9-11-36-60-49-30-22-41-16-13-14-19-47(41)53(49)57(5,6)51(60)32-24-42-17-15-18-43(55(42)66-45-26-20-40(21-27-45)34-35-59-56(62)39(3)4)25-33-52-58(7,8)54-48-29-28-46(67(63,64)65)38-44(48)23-31-50(54)61(52)37-12-10-2/h13-14,16,19-33,38H,3,9-12,15,17-18,34-37H2,1-2,4-8H3,(H-,59,62,63,64,65)/p+1. The molecular formula is C58H66N3O5S+. The first-order chi connectivity index (χ1) is 32.0. The zero-order valence-corrected chi connectivity index (χ0v) is 41.2. The topological polar surface area (TPSA) is 99.0 Å². The Labute approximate surface area is 397 Å². The summed E-state index contributed by atoms with van der Waals surface area (Å²) in [5, 5.41) is 7.24. The second-order valence-corrected chi connectivity index (χ2v) is 20.9. The van der Waals surface area contributed by atoms with Crippen molar-refractivity contribution in [1.82, 2.24) is 5.32 Å². The van der Waals surface area contributed by atoms with E-state index in [0.717, 1.165) is 108 Å². The van der Waals surface area contributed by atoms with E-state index < -0.39 is 15.5 Å². The van der Waals surface area contributed by atoms with E-state index in [1.807, 2.05) is 24.3 Å². The fraction of sp³-hybridized carbons (Fsp3) is 0.345. The van der Waals surface area contributed by atoms with Gasteiger partial charge in [0.15, 0.2) is 5.71 Å². The number of benzene rings is 5. The van der Waals surface area contributed by atoms with Crippen LogP contribution in [0.25, 0.3) is 21.5 Å². The molecule has 3 aliphatic rings. The number of ether oxygens (including phenoxy) is 1. The van der Waals surface area contributed by atoms with E-state index in [9.17, 15) is 17.8 Å². The molecule has 9 heteroatoms. The van der Waals surface area contributed by atoms with Crippen LogP contribution in [-0.4, -0.2) is 48.8 Å². The lowest BCUT2D eigenvalue weighted by Gasteiger charge is -2.27. The number of fused-ring (bicyclic) bond motifs is 6. The van der Waals surface area contributed by atoms with Gasteiger partial charge in [-0.3, -0.25) is 9.35 Å². The summed E-state index contributed by atoms with van der Waals surface area (Å²) in [4.78, 5) is 14.4. The van der Waals surface area contributed by atoms with Crippen LogP contribution in [0.3, 0.4) is 0 Å². The van der Waals surface area contributed by atoms with Crippen molar-refractivity contribution < 1.29 is 27.1 Å². The Kier molecular flexibility index (Phi) is 13.7. The lowest BCUT2D eigenvalue weighted by atomic mass is 9.78. The van der Waals surface area contributed by atoms with E-state index in [4.69, 9.17) is 4.74 Å². The minimum Gasteiger partial charge on any atom is -0.457 e. The summed E-state index contributed by atoms with van der Waals surface area (Å²) < 4.78 is 43.7. The maximum atomic E-state index is 12.1. The van der Waals surface area contributed by atoms with Gasteiger partial charge in [-0.2, -0.15) is 13.0 Å². The van der Waals surface area contributed by atoms with Crippen molar-refractivity contribution in [3.63, 3.8) is 0 Å². The molecule has 0 aromatic heterocycles. The van der Waals surface area contributed by atoms with Gasteiger partial charge in [-0.1, -0.05) is 102 Å². The lowest BCUT2D eigenvalue weighted by Crippen LogP contribution is -2.28. The molecule has 1 aliphatic carbocycles. The van der Waals surface area contributed by atoms with E-state index in [1.165, 1.54) is 39.5 Å². The van der Waals surface area contributed by atoms with E-state index in [0.29, 0.717) is 18.5 Å². The molecule has 2 aliphatic heterocycles. The van der Waals surface area contributed by atoms with E-state index >= 15 is 0 Å². The van der Waals surface area contributed by atoms with Crippen LogP contribution in [0, 0.1) is 0 Å². The summed E-state index contributed by atoms with van der Waals surface area (Å²) in [7, 11) is -4.35. The molecular weight excluding hydrogens is 851 g/mol. The molecule has 67 heavy (non-hydrogen) atoms. The summed E-state index contributed by atoms with van der Waals surface area (Å²) in [6.45, 7) is 21.5. The molecule has 0 atom stereocenters. The molecule has 0 radical (unpaired) electrons. The minimum atomic E-state index is -4.35. The number of amides is 1. The monoisotopic (exact) mass is 916 g/mol. The van der Waals surface area contributed by atoms with E-state index in [2.05, 4.69) is 142 Å². The highest BCUT2D eigenvalue weighted by atomic mass is 32.2. The number of carbonyl (C=O) groups excluding carboxylic acids is 1. The van der Waals surface area contributed by atoms with Crippen LogP contribution in [0.2, 0.25) is 0 Å². The first-order valence-corrected chi connectivity index (χ1v) is 25.5. The number of anilines is 1. The van der Waals surface area contributed by atoms with Crippen molar-refractivity contribution in [2.75, 3.05) is 24.5 Å². The van der Waals surface area contributed by atoms with Crippen molar-refractivity contribution in [3.8, 4) is 5.75 Å². The highest BCUT2D eigenvalue weighted by Crippen LogP contribution is 2.51. The quantitative estimate of drug-likeness (QED) is 0.0581. The Morgan fingerprint density at radius 3 is 2.31 bits per heavy atom. The molecule has 5 aromatic rings. The largest absolute Gasteiger partial charge is 0.457 e. The summed E-state index contributed by atoms with van der Waals surface area (Å²) in [6, 6.07) is 30.5. The average Bonchev–Trinajstić information content (AvgIpc) is 3.66. The molecule has 0 fully saturated rings. The Morgan fingerprint density at radius 1 is 0.851 bits per heavy atom. The number of rotatable bonds is 16. The Bertz CT molecular complexity index is 3040. The number of nitrogens with zero attached hydrogens (tertiary/aromatic N) is 2. The molecule has 2 heterocycles. The molecule has 348 valence electrons. The van der Waals surface area contributed by atoms with Gasteiger partial charge in [0, 0.05) is 59.6 Å². The van der Waals surface area contributed by atoms with Crippen molar-refractivity contribution >= 4 is 54.7 Å². The van der Waals surface area contributed by atoms with Crippen LogP contribution >= 0.6 is 0 Å². The number of unbranched alkanes of at least 4 members (excludes halogenated alkanes) is 2. The maximum Gasteiger partial charge on any atom is 0.294 e. The van der Waals surface area contributed by atoms with Gasteiger partial charge in [0.2, 0.25) is 11.6 Å². The SMILES string of the molecule is C=C(C)C(=O)NCCc1ccc(OC2=C(/C=C/C3=[N+](CCCC)c4ccc5ccccc5c4C3(C)C)CCC/C2=C\C=C2\N(CCCC)c3ccc4cc(S(=O)(=O)O)ccc4c3C2(C)C)cc1. The molecule has 0 saturated heterocycles. The lowest BCUT2D eigenvalue weighted by molar-refractivity contribution is -0.438. The Balaban J connectivity index is 1.22. The molecule has 1 amide bonds. The molecule has 8 nitrogen and oxygen atoms in total. The van der Waals surface area contributed by atoms with E-state index in [1.54, 1.807) is 13.0 Å². The van der Waals surface area contributed by atoms with Crippen LogP contribution in [0.1, 0.15) is 110 Å². The van der Waals surface area contributed by atoms with Gasteiger partial charge in [-0.05, 0) is 145 Å². The summed E-state index contributed by atoms with van der Waals surface area (Å²) in [5.41, 5.74) is 10.6. The maximum absolute atomic E-state index is 12.1.